The number of anilines is 2. The van der Waals surface area contributed by atoms with E-state index in [-0.39, 0.29) is 16.8 Å². The zero-order chi connectivity index (χ0) is 21.8. The summed E-state index contributed by atoms with van der Waals surface area (Å²) < 4.78 is 29.0. The lowest BCUT2D eigenvalue weighted by atomic mass is 10.1. The second-order valence-corrected chi connectivity index (χ2v) is 10.0. The van der Waals surface area contributed by atoms with Gasteiger partial charge in [0.05, 0.1) is 16.3 Å². The van der Waals surface area contributed by atoms with Gasteiger partial charge in [-0.2, -0.15) is 0 Å². The van der Waals surface area contributed by atoms with Crippen LogP contribution < -0.4 is 20.3 Å². The first-order valence-corrected chi connectivity index (χ1v) is 12.4. The first kappa shape index (κ1) is 21.6. The number of carbonyl (C=O) groups is 1. The SMILES string of the molecule is Cc1cccc(S(=O)(=O)Nc2cc(C(=O)NC3CCCC3)ccc2N2CCNCC2)c1. The Morgan fingerprint density at radius 2 is 1.81 bits per heavy atom. The number of rotatable bonds is 6. The van der Waals surface area contributed by atoms with Crippen LogP contribution in [0.4, 0.5) is 11.4 Å². The minimum Gasteiger partial charge on any atom is -0.367 e. The summed E-state index contributed by atoms with van der Waals surface area (Å²) in [4.78, 5) is 15.2. The fraction of sp³-hybridized carbons (Fsp3) is 0.435. The third-order valence-corrected chi connectivity index (χ3v) is 7.31. The Labute approximate surface area is 184 Å². The number of nitrogens with zero attached hydrogens (tertiary/aromatic N) is 1. The number of benzene rings is 2. The maximum Gasteiger partial charge on any atom is 0.261 e. The standard InChI is InChI=1S/C23H30N4O3S/c1-17-5-4-8-20(15-17)31(29,30)26-21-16-18(23(28)25-19-6-2-3-7-19)9-10-22(21)27-13-11-24-12-14-27/h4-5,8-10,15-16,19,24,26H,2-3,6-7,11-14H2,1H3,(H,25,28). The summed E-state index contributed by atoms with van der Waals surface area (Å²) in [6, 6.07) is 12.3. The Morgan fingerprint density at radius 3 is 2.52 bits per heavy atom. The summed E-state index contributed by atoms with van der Waals surface area (Å²) >= 11 is 0. The highest BCUT2D eigenvalue weighted by Crippen LogP contribution is 2.30. The molecule has 1 saturated heterocycles. The smallest absolute Gasteiger partial charge is 0.261 e. The number of hydrogen-bond donors (Lipinski definition) is 3. The third-order valence-electron chi connectivity index (χ3n) is 5.95. The fourth-order valence-electron chi connectivity index (χ4n) is 4.27. The molecule has 1 amide bonds. The molecule has 2 aliphatic rings. The Bertz CT molecular complexity index is 1040. The van der Waals surface area contributed by atoms with Crippen LogP contribution in [0.5, 0.6) is 0 Å². The molecule has 2 aromatic carbocycles. The topological polar surface area (TPSA) is 90.5 Å². The number of piperazine rings is 1. The van der Waals surface area contributed by atoms with Gasteiger partial charge < -0.3 is 15.5 Å². The molecule has 1 aliphatic heterocycles. The number of aryl methyl sites for hydroxylation is 1. The average molecular weight is 443 g/mol. The van der Waals surface area contributed by atoms with Crippen LogP contribution in [-0.2, 0) is 10.0 Å². The Morgan fingerprint density at radius 1 is 1.06 bits per heavy atom. The summed E-state index contributed by atoms with van der Waals surface area (Å²) in [5, 5.41) is 6.39. The van der Waals surface area contributed by atoms with Crippen LogP contribution in [0.2, 0.25) is 0 Å². The molecule has 1 aliphatic carbocycles. The van der Waals surface area contributed by atoms with Gasteiger partial charge >= 0.3 is 0 Å². The van der Waals surface area contributed by atoms with Crippen molar-refractivity contribution in [3.05, 3.63) is 53.6 Å². The van der Waals surface area contributed by atoms with Crippen molar-refractivity contribution in [2.45, 2.75) is 43.5 Å². The Hall–Kier alpha value is -2.58. The molecule has 2 aromatic rings. The molecule has 4 rings (SSSR count). The van der Waals surface area contributed by atoms with Gasteiger partial charge in [0.1, 0.15) is 0 Å². The van der Waals surface area contributed by atoms with Gasteiger partial charge in [0.25, 0.3) is 15.9 Å². The number of amides is 1. The van der Waals surface area contributed by atoms with E-state index in [1.807, 2.05) is 19.1 Å². The summed E-state index contributed by atoms with van der Waals surface area (Å²) in [6.45, 7) is 5.06. The molecular weight excluding hydrogens is 412 g/mol. The molecule has 0 radical (unpaired) electrons. The lowest BCUT2D eigenvalue weighted by Crippen LogP contribution is -2.43. The lowest BCUT2D eigenvalue weighted by molar-refractivity contribution is 0.0938. The molecule has 0 atom stereocenters. The normalized spacial score (nSPS) is 17.5. The van der Waals surface area contributed by atoms with Crippen molar-refractivity contribution in [2.24, 2.45) is 0 Å². The maximum atomic E-state index is 13.1. The van der Waals surface area contributed by atoms with Crippen LogP contribution in [0.25, 0.3) is 0 Å². The van der Waals surface area contributed by atoms with E-state index in [2.05, 4.69) is 20.3 Å². The highest BCUT2D eigenvalue weighted by molar-refractivity contribution is 7.92. The average Bonchev–Trinajstić information content (AvgIpc) is 3.27. The van der Waals surface area contributed by atoms with Crippen molar-refractivity contribution in [3.63, 3.8) is 0 Å². The summed E-state index contributed by atoms with van der Waals surface area (Å²) in [6.07, 6.45) is 4.26. The van der Waals surface area contributed by atoms with Crippen LogP contribution in [0.1, 0.15) is 41.6 Å². The van der Waals surface area contributed by atoms with Crippen LogP contribution in [0, 0.1) is 6.92 Å². The molecule has 166 valence electrons. The highest BCUT2D eigenvalue weighted by atomic mass is 32.2. The molecule has 2 fully saturated rings. The number of sulfonamides is 1. The molecule has 0 spiro atoms. The number of nitrogens with one attached hydrogen (secondary N) is 3. The fourth-order valence-corrected chi connectivity index (χ4v) is 5.44. The van der Waals surface area contributed by atoms with Crippen molar-refractivity contribution < 1.29 is 13.2 Å². The number of carbonyl (C=O) groups excluding carboxylic acids is 1. The molecule has 7 nitrogen and oxygen atoms in total. The molecule has 31 heavy (non-hydrogen) atoms. The molecule has 3 N–H and O–H groups in total. The molecular formula is C23H30N4O3S. The minimum atomic E-state index is -3.79. The molecule has 0 unspecified atom stereocenters. The largest absolute Gasteiger partial charge is 0.367 e. The van der Waals surface area contributed by atoms with Crippen LogP contribution in [0.3, 0.4) is 0 Å². The van der Waals surface area contributed by atoms with Crippen LogP contribution in [0.15, 0.2) is 47.4 Å². The summed E-state index contributed by atoms with van der Waals surface area (Å²) in [5.41, 5.74) is 2.56. The second-order valence-electron chi connectivity index (χ2n) is 8.35. The summed E-state index contributed by atoms with van der Waals surface area (Å²) in [7, 11) is -3.79. The van der Waals surface area contributed by atoms with Gasteiger partial charge in [0.15, 0.2) is 0 Å². The summed E-state index contributed by atoms with van der Waals surface area (Å²) in [5.74, 6) is -0.158. The second kappa shape index (κ2) is 9.28. The van der Waals surface area contributed by atoms with Crippen molar-refractivity contribution >= 4 is 27.3 Å². The van der Waals surface area contributed by atoms with Gasteiger partial charge in [0, 0.05) is 37.8 Å². The maximum absolute atomic E-state index is 13.1. The molecule has 1 heterocycles. The zero-order valence-electron chi connectivity index (χ0n) is 17.9. The number of hydrogen-bond acceptors (Lipinski definition) is 5. The van der Waals surface area contributed by atoms with Gasteiger partial charge in [-0.1, -0.05) is 25.0 Å². The lowest BCUT2D eigenvalue weighted by Gasteiger charge is -2.31. The van der Waals surface area contributed by atoms with E-state index in [9.17, 15) is 13.2 Å². The van der Waals surface area contributed by atoms with E-state index in [1.165, 1.54) is 0 Å². The molecule has 0 bridgehead atoms. The monoisotopic (exact) mass is 442 g/mol. The Kier molecular flexibility index (Phi) is 6.48. The van der Waals surface area contributed by atoms with E-state index in [0.29, 0.717) is 11.3 Å². The molecule has 8 heteroatoms. The van der Waals surface area contributed by atoms with E-state index in [4.69, 9.17) is 0 Å². The first-order chi connectivity index (χ1) is 14.9. The Balaban J connectivity index is 1.65. The predicted octanol–water partition coefficient (Wildman–Crippen LogP) is 2.88. The van der Waals surface area contributed by atoms with Crippen molar-refractivity contribution in [1.29, 1.82) is 0 Å². The van der Waals surface area contributed by atoms with E-state index in [0.717, 1.165) is 63.1 Å². The molecule has 1 saturated carbocycles. The van der Waals surface area contributed by atoms with E-state index < -0.39 is 10.0 Å². The van der Waals surface area contributed by atoms with E-state index >= 15 is 0 Å². The first-order valence-electron chi connectivity index (χ1n) is 10.9. The van der Waals surface area contributed by atoms with Gasteiger partial charge in [0.2, 0.25) is 0 Å². The van der Waals surface area contributed by atoms with Crippen molar-refractivity contribution in [1.82, 2.24) is 10.6 Å². The van der Waals surface area contributed by atoms with Crippen molar-refractivity contribution in [2.75, 3.05) is 35.8 Å². The molecule has 0 aromatic heterocycles. The van der Waals surface area contributed by atoms with Gasteiger partial charge in [-0.15, -0.1) is 0 Å². The van der Waals surface area contributed by atoms with Crippen LogP contribution >= 0.6 is 0 Å². The predicted molar refractivity (Wildman–Crippen MR) is 123 cm³/mol. The van der Waals surface area contributed by atoms with Crippen LogP contribution in [-0.4, -0.2) is 46.5 Å². The van der Waals surface area contributed by atoms with Gasteiger partial charge in [-0.25, -0.2) is 8.42 Å². The zero-order valence-corrected chi connectivity index (χ0v) is 18.7. The highest BCUT2D eigenvalue weighted by Gasteiger charge is 2.23. The van der Waals surface area contributed by atoms with Gasteiger partial charge in [-0.3, -0.25) is 9.52 Å². The van der Waals surface area contributed by atoms with Crippen molar-refractivity contribution in [3.8, 4) is 0 Å². The third kappa shape index (κ3) is 5.19. The van der Waals surface area contributed by atoms with E-state index in [1.54, 1.807) is 30.3 Å². The minimum absolute atomic E-state index is 0.158. The van der Waals surface area contributed by atoms with Gasteiger partial charge in [-0.05, 0) is 55.7 Å². The quantitative estimate of drug-likeness (QED) is 0.640.